The molecule has 0 aromatic rings. The van der Waals surface area contributed by atoms with Crippen LogP contribution < -0.4 is 0 Å². The molecule has 0 radical (unpaired) electrons. The van der Waals surface area contributed by atoms with E-state index in [0.717, 1.165) is 0 Å². The van der Waals surface area contributed by atoms with Crippen LogP contribution in [-0.2, 0) is 4.79 Å². The standard InChI is InChI=1S/C10H14O3/c1-9(2)6-3-4-7(9)10(13,5-6)8(11)12/h3-4,6-7,13H,5H2,1-2H3,(H,11,12). The van der Waals surface area contributed by atoms with Gasteiger partial charge in [0.05, 0.1) is 0 Å². The Labute approximate surface area is 77.1 Å². The topological polar surface area (TPSA) is 57.5 Å². The highest BCUT2D eigenvalue weighted by molar-refractivity contribution is 5.79. The number of aliphatic hydroxyl groups is 1. The first-order valence-electron chi connectivity index (χ1n) is 4.53. The van der Waals surface area contributed by atoms with Crippen molar-refractivity contribution >= 4 is 5.97 Å². The minimum atomic E-state index is -1.52. The third-order valence-corrected chi connectivity index (χ3v) is 3.71. The number of rotatable bonds is 1. The predicted molar refractivity (Wildman–Crippen MR) is 47.1 cm³/mol. The van der Waals surface area contributed by atoms with E-state index < -0.39 is 11.6 Å². The Morgan fingerprint density at radius 2 is 2.08 bits per heavy atom. The Kier molecular flexibility index (Phi) is 1.45. The van der Waals surface area contributed by atoms with Crippen molar-refractivity contribution in [2.75, 3.05) is 0 Å². The second-order valence-electron chi connectivity index (χ2n) is 4.72. The summed E-state index contributed by atoms with van der Waals surface area (Å²) in [5.41, 5.74) is -1.63. The molecule has 3 atom stereocenters. The van der Waals surface area contributed by atoms with Crippen LogP contribution >= 0.6 is 0 Å². The van der Waals surface area contributed by atoms with Gasteiger partial charge in [0.25, 0.3) is 0 Å². The summed E-state index contributed by atoms with van der Waals surface area (Å²) in [6, 6.07) is 0. The first-order valence-corrected chi connectivity index (χ1v) is 4.53. The van der Waals surface area contributed by atoms with Gasteiger partial charge in [0.1, 0.15) is 0 Å². The third kappa shape index (κ3) is 0.854. The van der Waals surface area contributed by atoms with E-state index in [-0.39, 0.29) is 17.3 Å². The van der Waals surface area contributed by atoms with E-state index in [4.69, 9.17) is 5.11 Å². The Hall–Kier alpha value is -0.830. The van der Waals surface area contributed by atoms with Crippen LogP contribution in [0.2, 0.25) is 0 Å². The Bertz CT molecular complexity index is 293. The number of carboxylic acids is 1. The maximum absolute atomic E-state index is 10.9. The Morgan fingerprint density at radius 3 is 2.31 bits per heavy atom. The molecule has 3 nitrogen and oxygen atoms in total. The highest BCUT2D eigenvalue weighted by atomic mass is 16.4. The van der Waals surface area contributed by atoms with Gasteiger partial charge in [-0.15, -0.1) is 0 Å². The summed E-state index contributed by atoms with van der Waals surface area (Å²) in [4.78, 5) is 10.9. The normalized spacial score (nSPS) is 45.5. The van der Waals surface area contributed by atoms with Crippen molar-refractivity contribution in [1.82, 2.24) is 0 Å². The fraction of sp³-hybridized carbons (Fsp3) is 0.700. The van der Waals surface area contributed by atoms with Crippen molar-refractivity contribution in [2.45, 2.75) is 25.9 Å². The fourth-order valence-corrected chi connectivity index (χ4v) is 2.76. The average Bonchev–Trinajstić information content (AvgIpc) is 2.38. The van der Waals surface area contributed by atoms with Gasteiger partial charge in [-0.2, -0.15) is 0 Å². The van der Waals surface area contributed by atoms with Crippen LogP contribution in [0.4, 0.5) is 0 Å². The zero-order valence-electron chi connectivity index (χ0n) is 7.82. The first-order chi connectivity index (χ1) is 5.89. The highest BCUT2D eigenvalue weighted by Crippen LogP contribution is 2.58. The van der Waals surface area contributed by atoms with Crippen molar-refractivity contribution < 1.29 is 15.0 Å². The van der Waals surface area contributed by atoms with Gasteiger partial charge >= 0.3 is 5.97 Å². The molecule has 0 aliphatic heterocycles. The molecule has 13 heavy (non-hydrogen) atoms. The SMILES string of the molecule is CC1(C)C2C=CC1C(O)(C(=O)O)C2. The minimum Gasteiger partial charge on any atom is -0.479 e. The molecular formula is C10H14O3. The number of fused-ring (bicyclic) bond motifs is 2. The summed E-state index contributed by atoms with van der Waals surface area (Å²) in [5.74, 6) is -1.11. The van der Waals surface area contributed by atoms with E-state index >= 15 is 0 Å². The molecule has 2 N–H and O–H groups in total. The van der Waals surface area contributed by atoms with Crippen molar-refractivity contribution in [3.63, 3.8) is 0 Å². The van der Waals surface area contributed by atoms with Gasteiger partial charge in [0.2, 0.25) is 0 Å². The molecule has 0 amide bonds. The number of hydrogen-bond acceptors (Lipinski definition) is 2. The van der Waals surface area contributed by atoms with Crippen molar-refractivity contribution in [2.24, 2.45) is 17.3 Å². The lowest BCUT2D eigenvalue weighted by Crippen LogP contribution is -2.44. The summed E-state index contributed by atoms with van der Waals surface area (Å²) in [6.07, 6.45) is 4.24. The number of carbonyl (C=O) groups is 1. The van der Waals surface area contributed by atoms with E-state index in [1.807, 2.05) is 26.0 Å². The average molecular weight is 182 g/mol. The molecule has 2 aliphatic rings. The molecule has 2 rings (SSSR count). The number of carboxylic acid groups (broad SMARTS) is 1. The molecule has 0 spiro atoms. The van der Waals surface area contributed by atoms with Crippen molar-refractivity contribution in [3.05, 3.63) is 12.2 Å². The summed E-state index contributed by atoms with van der Waals surface area (Å²) in [6.45, 7) is 4.03. The van der Waals surface area contributed by atoms with Crippen LogP contribution in [-0.4, -0.2) is 21.8 Å². The lowest BCUT2D eigenvalue weighted by Gasteiger charge is -2.29. The second-order valence-corrected chi connectivity index (χ2v) is 4.72. The van der Waals surface area contributed by atoms with Gasteiger partial charge < -0.3 is 10.2 Å². The molecule has 0 heterocycles. The van der Waals surface area contributed by atoms with E-state index in [1.165, 1.54) is 0 Å². The van der Waals surface area contributed by atoms with Crippen molar-refractivity contribution in [1.29, 1.82) is 0 Å². The number of aliphatic carboxylic acids is 1. The molecule has 3 heteroatoms. The molecule has 0 aromatic carbocycles. The molecule has 0 aromatic heterocycles. The molecule has 3 unspecified atom stereocenters. The molecular weight excluding hydrogens is 168 g/mol. The van der Waals surface area contributed by atoms with E-state index in [2.05, 4.69) is 0 Å². The maximum atomic E-state index is 10.9. The van der Waals surface area contributed by atoms with Crippen LogP contribution in [0.1, 0.15) is 20.3 Å². The van der Waals surface area contributed by atoms with Gasteiger partial charge in [0, 0.05) is 5.92 Å². The molecule has 1 saturated carbocycles. The van der Waals surface area contributed by atoms with Gasteiger partial charge in [-0.3, -0.25) is 0 Å². The van der Waals surface area contributed by atoms with Crippen LogP contribution in [0.3, 0.4) is 0 Å². The number of allylic oxidation sites excluding steroid dienone is 1. The largest absolute Gasteiger partial charge is 0.479 e. The smallest absolute Gasteiger partial charge is 0.336 e. The minimum absolute atomic E-state index is 0.104. The fourth-order valence-electron chi connectivity index (χ4n) is 2.76. The molecule has 0 saturated heterocycles. The quantitative estimate of drug-likeness (QED) is 0.595. The lowest BCUT2D eigenvalue weighted by molar-refractivity contribution is -0.162. The van der Waals surface area contributed by atoms with Crippen LogP contribution in [0, 0.1) is 17.3 Å². The maximum Gasteiger partial charge on any atom is 0.336 e. The summed E-state index contributed by atoms with van der Waals surface area (Å²) in [7, 11) is 0. The van der Waals surface area contributed by atoms with Crippen molar-refractivity contribution in [3.8, 4) is 0 Å². The first kappa shape index (κ1) is 8.75. The van der Waals surface area contributed by atoms with Gasteiger partial charge in [0.15, 0.2) is 5.60 Å². The lowest BCUT2D eigenvalue weighted by atomic mass is 9.78. The highest BCUT2D eigenvalue weighted by Gasteiger charge is 2.62. The van der Waals surface area contributed by atoms with Gasteiger partial charge in [-0.1, -0.05) is 26.0 Å². The zero-order chi connectivity index (χ0) is 9.85. The second kappa shape index (κ2) is 2.15. The molecule has 72 valence electrons. The van der Waals surface area contributed by atoms with Crippen LogP contribution in [0.5, 0.6) is 0 Å². The number of hydrogen-bond donors (Lipinski definition) is 2. The molecule has 2 bridgehead atoms. The Morgan fingerprint density at radius 1 is 1.46 bits per heavy atom. The Balaban J connectivity index is 2.42. The summed E-state index contributed by atoms with van der Waals surface area (Å²) >= 11 is 0. The van der Waals surface area contributed by atoms with E-state index in [0.29, 0.717) is 6.42 Å². The van der Waals surface area contributed by atoms with E-state index in [9.17, 15) is 9.90 Å². The van der Waals surface area contributed by atoms with Gasteiger partial charge in [-0.25, -0.2) is 4.79 Å². The van der Waals surface area contributed by atoms with Crippen LogP contribution in [0.15, 0.2) is 12.2 Å². The third-order valence-electron chi connectivity index (χ3n) is 3.71. The monoisotopic (exact) mass is 182 g/mol. The van der Waals surface area contributed by atoms with E-state index in [1.54, 1.807) is 0 Å². The zero-order valence-corrected chi connectivity index (χ0v) is 7.82. The molecule has 2 aliphatic carbocycles. The summed E-state index contributed by atoms with van der Waals surface area (Å²) < 4.78 is 0. The predicted octanol–water partition coefficient (Wildman–Crippen LogP) is 1.03. The van der Waals surface area contributed by atoms with Crippen LogP contribution in [0.25, 0.3) is 0 Å². The molecule has 1 fully saturated rings. The summed E-state index contributed by atoms with van der Waals surface area (Å²) in [5, 5.41) is 18.9. The van der Waals surface area contributed by atoms with Gasteiger partial charge in [-0.05, 0) is 17.8 Å².